The van der Waals surface area contributed by atoms with Gasteiger partial charge in [-0.25, -0.2) is 0 Å². The van der Waals surface area contributed by atoms with Crippen LogP contribution in [0.15, 0.2) is 4.52 Å². The van der Waals surface area contributed by atoms with E-state index in [9.17, 15) is 4.79 Å². The molecule has 1 fully saturated rings. The molecule has 1 saturated heterocycles. The average molecular weight is 289 g/mol. The highest BCUT2D eigenvalue weighted by Gasteiger charge is 2.22. The van der Waals surface area contributed by atoms with E-state index >= 15 is 0 Å². The Morgan fingerprint density at radius 2 is 2.37 bits per heavy atom. The van der Waals surface area contributed by atoms with E-state index in [2.05, 4.69) is 27.7 Å². The topological polar surface area (TPSA) is 80.0 Å². The number of piperidine rings is 1. The van der Waals surface area contributed by atoms with Crippen LogP contribution in [0.1, 0.15) is 31.5 Å². The maximum Gasteiger partial charge on any atom is 0.227 e. The van der Waals surface area contributed by atoms with E-state index in [1.165, 1.54) is 0 Å². The molecule has 0 spiro atoms. The summed E-state index contributed by atoms with van der Waals surface area (Å²) >= 11 is 0. The van der Waals surface area contributed by atoms with E-state index in [1.807, 2.05) is 0 Å². The van der Waals surface area contributed by atoms with Crippen LogP contribution in [0.25, 0.3) is 0 Å². The Morgan fingerprint density at radius 3 is 3.00 bits per heavy atom. The normalized spacial score (nSPS) is 22.6. The highest BCUT2D eigenvalue weighted by Crippen LogP contribution is 2.11. The van der Waals surface area contributed by atoms with Gasteiger partial charge in [0.2, 0.25) is 11.8 Å². The van der Waals surface area contributed by atoms with Gasteiger partial charge in [0.15, 0.2) is 5.82 Å². The molecule has 108 valence electrons. The van der Waals surface area contributed by atoms with Gasteiger partial charge in [-0.3, -0.25) is 4.79 Å². The maximum atomic E-state index is 11.8. The molecule has 1 aliphatic rings. The second kappa shape index (κ2) is 7.45. The molecule has 1 amide bonds. The lowest BCUT2D eigenvalue weighted by molar-refractivity contribution is -0.122. The number of nitrogens with zero attached hydrogens (tertiary/aromatic N) is 2. The molecule has 6 nitrogen and oxygen atoms in total. The van der Waals surface area contributed by atoms with Crippen molar-refractivity contribution >= 4 is 18.3 Å². The third kappa shape index (κ3) is 4.80. The van der Waals surface area contributed by atoms with E-state index in [-0.39, 0.29) is 24.4 Å². The smallest absolute Gasteiger partial charge is 0.227 e. The summed E-state index contributed by atoms with van der Waals surface area (Å²) in [6, 6.07) is 0.232. The quantitative estimate of drug-likeness (QED) is 0.858. The molecule has 1 aliphatic heterocycles. The number of nitrogens with one attached hydrogen (secondary N) is 2. The van der Waals surface area contributed by atoms with Crippen molar-refractivity contribution < 1.29 is 9.32 Å². The zero-order valence-corrected chi connectivity index (χ0v) is 12.1. The Kier molecular flexibility index (Phi) is 6.24. The number of aryl methyl sites for hydroxylation is 2. The standard InChI is InChI=1S/C12H20N4O2.ClH/c1-8-5-6-13-7-10(8)15-11(17)3-4-12-14-9(2)16-18-12;/h8,10,13H,3-7H2,1-2H3,(H,15,17);1H. The molecule has 1 aromatic heterocycles. The maximum absolute atomic E-state index is 11.8. The number of amides is 1. The average Bonchev–Trinajstić information content (AvgIpc) is 2.76. The van der Waals surface area contributed by atoms with E-state index in [0.29, 0.717) is 30.5 Å². The zero-order valence-electron chi connectivity index (χ0n) is 11.3. The SMILES string of the molecule is Cc1noc(CCC(=O)NC2CNCCC2C)n1.Cl. The first-order valence-electron chi connectivity index (χ1n) is 6.44. The fourth-order valence-corrected chi connectivity index (χ4v) is 2.12. The summed E-state index contributed by atoms with van der Waals surface area (Å²) in [7, 11) is 0. The summed E-state index contributed by atoms with van der Waals surface area (Å²) in [6.45, 7) is 5.83. The predicted molar refractivity (Wildman–Crippen MR) is 73.2 cm³/mol. The van der Waals surface area contributed by atoms with Crippen molar-refractivity contribution in [3.05, 3.63) is 11.7 Å². The molecule has 2 atom stereocenters. The van der Waals surface area contributed by atoms with Crippen LogP contribution in [-0.2, 0) is 11.2 Å². The van der Waals surface area contributed by atoms with Crippen LogP contribution in [0.3, 0.4) is 0 Å². The molecule has 0 aromatic carbocycles. The van der Waals surface area contributed by atoms with Gasteiger partial charge in [-0.05, 0) is 25.8 Å². The molecular formula is C12H21ClN4O2. The summed E-state index contributed by atoms with van der Waals surface area (Å²) < 4.78 is 4.97. The fourth-order valence-electron chi connectivity index (χ4n) is 2.12. The van der Waals surface area contributed by atoms with Crippen LogP contribution in [0.4, 0.5) is 0 Å². The summed E-state index contributed by atoms with van der Waals surface area (Å²) in [5.74, 6) is 1.71. The van der Waals surface area contributed by atoms with Gasteiger partial charge in [0.1, 0.15) is 0 Å². The number of carbonyl (C=O) groups excluding carboxylic acids is 1. The minimum atomic E-state index is 0. The molecule has 2 rings (SSSR count). The molecule has 2 unspecified atom stereocenters. The first-order chi connectivity index (χ1) is 8.65. The lowest BCUT2D eigenvalue weighted by Gasteiger charge is -2.30. The highest BCUT2D eigenvalue weighted by molar-refractivity contribution is 5.85. The van der Waals surface area contributed by atoms with Gasteiger partial charge in [0.05, 0.1) is 0 Å². The van der Waals surface area contributed by atoms with Crippen molar-refractivity contribution in [2.75, 3.05) is 13.1 Å². The Bertz CT molecular complexity index is 410. The van der Waals surface area contributed by atoms with Gasteiger partial charge in [0.25, 0.3) is 0 Å². The Labute approximate surface area is 119 Å². The van der Waals surface area contributed by atoms with E-state index in [1.54, 1.807) is 6.92 Å². The number of hydrogen-bond donors (Lipinski definition) is 2. The van der Waals surface area contributed by atoms with Crippen LogP contribution in [0.2, 0.25) is 0 Å². The van der Waals surface area contributed by atoms with Crippen LogP contribution in [-0.4, -0.2) is 35.2 Å². The van der Waals surface area contributed by atoms with E-state index < -0.39 is 0 Å². The third-order valence-electron chi connectivity index (χ3n) is 3.31. The number of carbonyl (C=O) groups is 1. The van der Waals surface area contributed by atoms with Gasteiger partial charge in [-0.2, -0.15) is 4.98 Å². The molecule has 0 bridgehead atoms. The van der Waals surface area contributed by atoms with Crippen LogP contribution in [0.5, 0.6) is 0 Å². The molecule has 0 radical (unpaired) electrons. The fraction of sp³-hybridized carbons (Fsp3) is 0.750. The van der Waals surface area contributed by atoms with Gasteiger partial charge >= 0.3 is 0 Å². The Morgan fingerprint density at radius 1 is 1.58 bits per heavy atom. The Balaban J connectivity index is 0.00000180. The predicted octanol–water partition coefficient (Wildman–Crippen LogP) is 0.847. The second-order valence-corrected chi connectivity index (χ2v) is 4.88. The summed E-state index contributed by atoms with van der Waals surface area (Å²) in [4.78, 5) is 15.9. The summed E-state index contributed by atoms with van der Waals surface area (Å²) in [6.07, 6.45) is 2.00. The molecule has 2 heterocycles. The molecule has 0 saturated carbocycles. The monoisotopic (exact) mass is 288 g/mol. The van der Waals surface area contributed by atoms with Crippen molar-refractivity contribution in [2.24, 2.45) is 5.92 Å². The van der Waals surface area contributed by atoms with E-state index in [4.69, 9.17) is 4.52 Å². The summed E-state index contributed by atoms with van der Waals surface area (Å²) in [5.41, 5.74) is 0. The van der Waals surface area contributed by atoms with Crippen molar-refractivity contribution in [3.8, 4) is 0 Å². The van der Waals surface area contributed by atoms with Crippen molar-refractivity contribution in [3.63, 3.8) is 0 Å². The first-order valence-corrected chi connectivity index (χ1v) is 6.44. The number of hydrogen-bond acceptors (Lipinski definition) is 5. The zero-order chi connectivity index (χ0) is 13.0. The third-order valence-corrected chi connectivity index (χ3v) is 3.31. The van der Waals surface area contributed by atoms with Crippen LogP contribution in [0, 0.1) is 12.8 Å². The number of aromatic nitrogens is 2. The minimum absolute atomic E-state index is 0. The van der Waals surface area contributed by atoms with Gasteiger partial charge < -0.3 is 15.2 Å². The van der Waals surface area contributed by atoms with Crippen LogP contribution >= 0.6 is 12.4 Å². The second-order valence-electron chi connectivity index (χ2n) is 4.88. The summed E-state index contributed by atoms with van der Waals surface area (Å²) in [5, 5.41) is 10.0. The molecule has 2 N–H and O–H groups in total. The van der Waals surface area contributed by atoms with Gasteiger partial charge in [0, 0.05) is 25.4 Å². The number of rotatable bonds is 4. The minimum Gasteiger partial charge on any atom is -0.352 e. The molecule has 1 aromatic rings. The van der Waals surface area contributed by atoms with Crippen molar-refractivity contribution in [1.29, 1.82) is 0 Å². The molecule has 19 heavy (non-hydrogen) atoms. The highest BCUT2D eigenvalue weighted by atomic mass is 35.5. The first kappa shape index (κ1) is 15.9. The molecular weight excluding hydrogens is 268 g/mol. The molecule has 0 aliphatic carbocycles. The Hall–Kier alpha value is -1.14. The number of halogens is 1. The van der Waals surface area contributed by atoms with Crippen molar-refractivity contribution in [1.82, 2.24) is 20.8 Å². The van der Waals surface area contributed by atoms with Gasteiger partial charge in [-0.1, -0.05) is 12.1 Å². The van der Waals surface area contributed by atoms with Crippen LogP contribution < -0.4 is 10.6 Å². The van der Waals surface area contributed by atoms with Gasteiger partial charge in [-0.15, -0.1) is 12.4 Å². The van der Waals surface area contributed by atoms with Crippen molar-refractivity contribution in [2.45, 2.75) is 39.2 Å². The largest absolute Gasteiger partial charge is 0.352 e. The lowest BCUT2D eigenvalue weighted by atomic mass is 9.95. The lowest BCUT2D eigenvalue weighted by Crippen LogP contribution is -2.50. The molecule has 7 heteroatoms. The van der Waals surface area contributed by atoms with E-state index in [0.717, 1.165) is 19.5 Å².